The predicted octanol–water partition coefficient (Wildman–Crippen LogP) is 6.24. The summed E-state index contributed by atoms with van der Waals surface area (Å²) in [6.07, 6.45) is 1.02. The number of aryl methyl sites for hydroxylation is 1. The van der Waals surface area contributed by atoms with Crippen molar-refractivity contribution in [2.45, 2.75) is 110 Å². The van der Waals surface area contributed by atoms with Gasteiger partial charge in [-0.15, -0.1) is 0 Å². The molecule has 1 aliphatic carbocycles. The smallest absolute Gasteiger partial charge is 0.422 e. The van der Waals surface area contributed by atoms with Crippen LogP contribution in [-0.2, 0) is 25.5 Å². The third-order valence-electron chi connectivity index (χ3n) is 9.77. The first-order valence-corrected chi connectivity index (χ1v) is 16.3. The summed E-state index contributed by atoms with van der Waals surface area (Å²) in [5.74, 6) is -1.29. The van der Waals surface area contributed by atoms with Crippen LogP contribution < -0.4 is 9.47 Å². The van der Waals surface area contributed by atoms with Crippen LogP contribution in [0.2, 0.25) is 0 Å². The summed E-state index contributed by atoms with van der Waals surface area (Å²) in [5.41, 5.74) is 0.299. The van der Waals surface area contributed by atoms with Gasteiger partial charge in [0.2, 0.25) is 11.8 Å². The molecule has 3 aliphatic rings. The summed E-state index contributed by atoms with van der Waals surface area (Å²) < 4.78 is 55.8. The highest BCUT2D eigenvalue weighted by molar-refractivity contribution is 5.87. The molecule has 2 fully saturated rings. The third kappa shape index (κ3) is 7.57. The standard InChI is InChI=1S/C34H44F3N3O6/c1-6-22-27(18-41)40-17-28(22)45-30-25(38-24-13-12-21(14-26(24)39-30)44-19-34(35,36)37)11-9-7-8-10-20-16-33(20,5)46-29(42)15-23(31(40)43)32(2,3)4/h12-14,18,20,22-23,27-28H,6-11,15-17,19H2,1-5H3/t20-,22+,23-,27-,28+,33-/m1/s1. The molecule has 3 heterocycles. The maximum atomic E-state index is 14.2. The summed E-state index contributed by atoms with van der Waals surface area (Å²) >= 11 is 0. The van der Waals surface area contributed by atoms with Crippen molar-refractivity contribution >= 4 is 29.2 Å². The van der Waals surface area contributed by atoms with Crippen LogP contribution in [0.4, 0.5) is 13.2 Å². The Morgan fingerprint density at radius 2 is 1.87 bits per heavy atom. The first-order chi connectivity index (χ1) is 21.6. The summed E-state index contributed by atoms with van der Waals surface area (Å²) in [7, 11) is 0. The maximum Gasteiger partial charge on any atom is 0.422 e. The first kappa shape index (κ1) is 33.9. The van der Waals surface area contributed by atoms with Crippen molar-refractivity contribution in [2.24, 2.45) is 23.2 Å². The molecule has 12 heteroatoms. The SMILES string of the molecule is CC[C@@H]1[C@@H]2CN(C(=O)[C@H](C(C)(C)C)CC(=O)O[C@]3(C)C[C@H]3CCCCCc3nc4ccc(OCC(F)(F)F)cc4nc3O2)[C@@H]1C=O. The fourth-order valence-electron chi connectivity index (χ4n) is 6.91. The van der Waals surface area contributed by atoms with Crippen molar-refractivity contribution < 1.29 is 41.8 Å². The first-order valence-electron chi connectivity index (χ1n) is 16.3. The van der Waals surface area contributed by atoms with E-state index >= 15 is 0 Å². The van der Waals surface area contributed by atoms with Gasteiger partial charge < -0.3 is 23.9 Å². The van der Waals surface area contributed by atoms with Crippen LogP contribution in [-0.4, -0.2) is 70.1 Å². The lowest BCUT2D eigenvalue weighted by Gasteiger charge is -2.34. The summed E-state index contributed by atoms with van der Waals surface area (Å²) in [4.78, 5) is 50.9. The Hall–Kier alpha value is -3.44. The summed E-state index contributed by atoms with van der Waals surface area (Å²) in [5, 5.41) is 0. The van der Waals surface area contributed by atoms with Gasteiger partial charge in [-0.25, -0.2) is 9.97 Å². The fourth-order valence-corrected chi connectivity index (χ4v) is 6.91. The van der Waals surface area contributed by atoms with Gasteiger partial charge >= 0.3 is 12.1 Å². The number of nitrogens with zero attached hydrogens (tertiary/aromatic N) is 3. The molecule has 2 bridgehead atoms. The average Bonchev–Trinajstić information content (AvgIpc) is 3.46. The Balaban J connectivity index is 1.50. The van der Waals surface area contributed by atoms with E-state index in [0.29, 0.717) is 29.6 Å². The van der Waals surface area contributed by atoms with Gasteiger partial charge in [-0.3, -0.25) is 9.59 Å². The molecule has 6 atom stereocenters. The molecule has 46 heavy (non-hydrogen) atoms. The van der Waals surface area contributed by atoms with Crippen LogP contribution in [0.1, 0.15) is 85.3 Å². The van der Waals surface area contributed by atoms with Gasteiger partial charge in [-0.1, -0.05) is 40.5 Å². The molecular weight excluding hydrogens is 603 g/mol. The van der Waals surface area contributed by atoms with E-state index in [0.717, 1.165) is 38.4 Å². The predicted molar refractivity (Wildman–Crippen MR) is 163 cm³/mol. The lowest BCUT2D eigenvalue weighted by molar-refractivity contribution is -0.158. The zero-order chi connectivity index (χ0) is 33.4. The third-order valence-corrected chi connectivity index (χ3v) is 9.77. The topological polar surface area (TPSA) is 108 Å². The summed E-state index contributed by atoms with van der Waals surface area (Å²) in [6.45, 7) is 8.25. The molecular formula is C34H44F3N3O6. The monoisotopic (exact) mass is 647 g/mol. The molecule has 2 aromatic rings. The van der Waals surface area contributed by atoms with E-state index in [-0.39, 0.29) is 42.3 Å². The Morgan fingerprint density at radius 1 is 1.11 bits per heavy atom. The number of rotatable bonds is 4. The largest absolute Gasteiger partial charge is 0.484 e. The number of hydrogen-bond acceptors (Lipinski definition) is 8. The van der Waals surface area contributed by atoms with Gasteiger partial charge in [0, 0.05) is 17.9 Å². The average molecular weight is 648 g/mol. The van der Waals surface area contributed by atoms with E-state index in [1.807, 2.05) is 34.6 Å². The second-order valence-corrected chi connectivity index (χ2v) is 14.3. The maximum absolute atomic E-state index is 14.2. The number of benzene rings is 1. The molecule has 0 spiro atoms. The number of ether oxygens (including phenoxy) is 3. The van der Waals surface area contributed by atoms with E-state index in [4.69, 9.17) is 24.2 Å². The van der Waals surface area contributed by atoms with Crippen LogP contribution in [0, 0.1) is 23.2 Å². The number of halogens is 3. The fraction of sp³-hybridized carbons (Fsp3) is 0.676. The van der Waals surface area contributed by atoms with Gasteiger partial charge in [0.05, 0.1) is 36.0 Å². The molecule has 1 aromatic heterocycles. The highest BCUT2D eigenvalue weighted by Crippen LogP contribution is 2.50. The number of aromatic nitrogens is 2. The van der Waals surface area contributed by atoms with Crippen LogP contribution >= 0.6 is 0 Å². The Bertz CT molecular complexity index is 1460. The minimum absolute atomic E-state index is 0.00295. The van der Waals surface area contributed by atoms with Crippen molar-refractivity contribution in [1.29, 1.82) is 0 Å². The van der Waals surface area contributed by atoms with Crippen LogP contribution in [0.15, 0.2) is 18.2 Å². The minimum Gasteiger partial charge on any atom is -0.484 e. The Kier molecular flexibility index (Phi) is 9.57. The van der Waals surface area contributed by atoms with E-state index in [2.05, 4.69) is 0 Å². The van der Waals surface area contributed by atoms with Crippen molar-refractivity contribution in [2.75, 3.05) is 13.2 Å². The molecule has 252 valence electrons. The number of carbonyl (C=O) groups is 3. The van der Waals surface area contributed by atoms with E-state index in [9.17, 15) is 27.6 Å². The number of carbonyl (C=O) groups excluding carboxylic acids is 3. The molecule has 5 rings (SSSR count). The van der Waals surface area contributed by atoms with E-state index in [1.54, 1.807) is 6.07 Å². The van der Waals surface area contributed by atoms with Gasteiger partial charge in [0.25, 0.3) is 0 Å². The lowest BCUT2D eigenvalue weighted by atomic mass is 9.77. The molecule has 0 unspecified atom stereocenters. The number of esters is 1. The molecule has 9 nitrogen and oxygen atoms in total. The van der Waals surface area contributed by atoms with Gasteiger partial charge in [0.15, 0.2) is 6.61 Å². The van der Waals surface area contributed by atoms with E-state index < -0.39 is 47.8 Å². The molecule has 2 aliphatic heterocycles. The van der Waals surface area contributed by atoms with Crippen LogP contribution in [0.25, 0.3) is 11.0 Å². The quantitative estimate of drug-likeness (QED) is 0.283. The van der Waals surface area contributed by atoms with Crippen molar-refractivity contribution in [1.82, 2.24) is 14.9 Å². The van der Waals surface area contributed by atoms with Crippen LogP contribution in [0.3, 0.4) is 0 Å². The number of amides is 1. The second kappa shape index (κ2) is 13.0. The molecule has 1 amide bonds. The second-order valence-electron chi connectivity index (χ2n) is 14.3. The molecule has 1 saturated heterocycles. The Morgan fingerprint density at radius 3 is 2.54 bits per heavy atom. The van der Waals surface area contributed by atoms with Gasteiger partial charge in [0.1, 0.15) is 29.4 Å². The zero-order valence-corrected chi connectivity index (χ0v) is 27.2. The zero-order valence-electron chi connectivity index (χ0n) is 27.2. The molecule has 0 N–H and O–H groups in total. The van der Waals surface area contributed by atoms with E-state index in [1.165, 1.54) is 17.0 Å². The van der Waals surface area contributed by atoms with Gasteiger partial charge in [-0.2, -0.15) is 13.2 Å². The molecule has 1 saturated carbocycles. The summed E-state index contributed by atoms with van der Waals surface area (Å²) in [6, 6.07) is 3.65. The van der Waals surface area contributed by atoms with Crippen molar-refractivity contribution in [3.63, 3.8) is 0 Å². The molecule has 1 aromatic carbocycles. The number of alkyl halides is 3. The van der Waals surface area contributed by atoms with Crippen molar-refractivity contribution in [3.05, 3.63) is 23.9 Å². The highest BCUT2D eigenvalue weighted by atomic mass is 19.4. The number of fused-ring (bicyclic) bond motifs is 5. The van der Waals surface area contributed by atoms with Crippen LogP contribution in [0.5, 0.6) is 11.6 Å². The molecule has 0 radical (unpaired) electrons. The number of aldehydes is 1. The lowest BCUT2D eigenvalue weighted by Crippen LogP contribution is -2.46. The number of hydrogen-bond donors (Lipinski definition) is 0. The van der Waals surface area contributed by atoms with Crippen molar-refractivity contribution in [3.8, 4) is 11.6 Å². The normalized spacial score (nSPS) is 29.6. The van der Waals surface area contributed by atoms with Gasteiger partial charge in [-0.05, 0) is 56.6 Å². The minimum atomic E-state index is -4.49. The Labute approximate surface area is 267 Å². The highest BCUT2D eigenvalue weighted by Gasteiger charge is 2.54.